The van der Waals surface area contributed by atoms with E-state index in [4.69, 9.17) is 5.73 Å². The van der Waals surface area contributed by atoms with E-state index < -0.39 is 0 Å². The summed E-state index contributed by atoms with van der Waals surface area (Å²) in [6, 6.07) is 0.269. The lowest BCUT2D eigenvalue weighted by Gasteiger charge is -1.96. The molecule has 9 heavy (non-hydrogen) atoms. The average molecular weight is 129 g/mol. The minimum absolute atomic E-state index is 0.269. The summed E-state index contributed by atoms with van der Waals surface area (Å²) in [5.41, 5.74) is 5.50. The van der Waals surface area contributed by atoms with Crippen molar-refractivity contribution in [2.75, 3.05) is 0 Å². The van der Waals surface area contributed by atoms with Gasteiger partial charge in [0.05, 0.1) is 0 Å². The van der Waals surface area contributed by atoms with Crippen molar-refractivity contribution in [3.8, 4) is 0 Å². The number of hydrogen-bond acceptors (Lipinski definition) is 1. The Labute approximate surface area is 58.9 Å². The van der Waals surface area contributed by atoms with Crippen LogP contribution in [0.2, 0.25) is 0 Å². The van der Waals surface area contributed by atoms with Crippen LogP contribution in [0.15, 0.2) is 12.2 Å². The van der Waals surface area contributed by atoms with Crippen molar-refractivity contribution in [3.05, 3.63) is 12.2 Å². The monoisotopic (exact) mass is 129 g/mol. The van der Waals surface area contributed by atoms with Crippen molar-refractivity contribution in [1.82, 2.24) is 0 Å². The molecule has 56 valence electrons. The molecule has 0 amide bonds. The van der Waals surface area contributed by atoms with Crippen molar-refractivity contribution in [3.63, 3.8) is 0 Å². The van der Waals surface area contributed by atoms with Gasteiger partial charge in [0.2, 0.25) is 0 Å². The van der Waals surface area contributed by atoms with E-state index in [0.29, 0.717) is 0 Å². The maximum atomic E-state index is 5.50. The van der Waals surface area contributed by atoms with Crippen LogP contribution in [-0.4, -0.2) is 6.04 Å². The Morgan fingerprint density at radius 3 is 2.00 bits per heavy atom. The third kappa shape index (κ3) is 11.3. The zero-order chi connectivity index (χ0) is 7.70. The molecular weight excluding hydrogens is 110 g/mol. The van der Waals surface area contributed by atoms with Gasteiger partial charge in [0.1, 0.15) is 0 Å². The Kier molecular flexibility index (Phi) is 13.6. The largest absolute Gasteiger partial charge is 0.324 e. The summed E-state index contributed by atoms with van der Waals surface area (Å²) in [6.45, 7) is 8.06. The van der Waals surface area contributed by atoms with Gasteiger partial charge in [0.15, 0.2) is 0 Å². The van der Waals surface area contributed by atoms with E-state index >= 15 is 0 Å². The summed E-state index contributed by atoms with van der Waals surface area (Å²) >= 11 is 0. The fourth-order valence-corrected chi connectivity index (χ4v) is 0.383. The second-order valence-corrected chi connectivity index (χ2v) is 1.60. The van der Waals surface area contributed by atoms with Crippen LogP contribution in [0.25, 0.3) is 0 Å². The van der Waals surface area contributed by atoms with Crippen LogP contribution in [0.5, 0.6) is 0 Å². The molecule has 0 aliphatic rings. The second kappa shape index (κ2) is 10.6. The highest BCUT2D eigenvalue weighted by molar-refractivity contribution is 4.87. The molecule has 0 fully saturated rings. The maximum Gasteiger partial charge on any atom is 0.0220 e. The first-order chi connectivity index (χ1) is 4.31. The summed E-state index contributed by atoms with van der Waals surface area (Å²) in [4.78, 5) is 0. The van der Waals surface area contributed by atoms with Gasteiger partial charge >= 0.3 is 0 Å². The van der Waals surface area contributed by atoms with E-state index in [1.165, 1.54) is 0 Å². The fourth-order valence-electron chi connectivity index (χ4n) is 0.383. The number of rotatable bonds is 2. The van der Waals surface area contributed by atoms with Crippen LogP contribution < -0.4 is 5.73 Å². The molecule has 0 saturated heterocycles. The Morgan fingerprint density at radius 2 is 1.89 bits per heavy atom. The first-order valence-electron chi connectivity index (χ1n) is 3.69. The molecule has 0 heterocycles. The molecule has 0 aliphatic heterocycles. The van der Waals surface area contributed by atoms with E-state index in [1.807, 2.05) is 32.9 Å². The highest BCUT2D eigenvalue weighted by Gasteiger charge is 1.85. The van der Waals surface area contributed by atoms with Crippen LogP contribution in [0.3, 0.4) is 0 Å². The lowest BCUT2D eigenvalue weighted by Crippen LogP contribution is -2.14. The van der Waals surface area contributed by atoms with Crippen molar-refractivity contribution in [1.29, 1.82) is 0 Å². The average Bonchev–Trinajstić information content (AvgIpc) is 1.93. The van der Waals surface area contributed by atoms with Crippen LogP contribution in [-0.2, 0) is 0 Å². The molecule has 0 aromatic carbocycles. The second-order valence-electron chi connectivity index (χ2n) is 1.60. The van der Waals surface area contributed by atoms with Crippen molar-refractivity contribution in [2.24, 2.45) is 5.73 Å². The molecule has 0 bridgehead atoms. The van der Waals surface area contributed by atoms with Crippen molar-refractivity contribution >= 4 is 0 Å². The van der Waals surface area contributed by atoms with Gasteiger partial charge in [0.25, 0.3) is 0 Å². The van der Waals surface area contributed by atoms with Gasteiger partial charge in [0, 0.05) is 6.04 Å². The van der Waals surface area contributed by atoms with Crippen molar-refractivity contribution in [2.45, 2.75) is 40.2 Å². The van der Waals surface area contributed by atoms with E-state index in [0.717, 1.165) is 6.42 Å². The molecule has 0 rings (SSSR count). The molecule has 2 N–H and O–H groups in total. The predicted octanol–water partition coefficient (Wildman–Crippen LogP) is 2.33. The lowest BCUT2D eigenvalue weighted by atomic mass is 10.2. The molecule has 1 unspecified atom stereocenters. The van der Waals surface area contributed by atoms with E-state index in [1.54, 1.807) is 0 Å². The van der Waals surface area contributed by atoms with Crippen LogP contribution in [0.1, 0.15) is 34.1 Å². The summed E-state index contributed by atoms with van der Waals surface area (Å²) in [5.74, 6) is 0. The SMILES string of the molecule is C/C=C\C(N)CC.CC. The van der Waals surface area contributed by atoms with Gasteiger partial charge in [-0.1, -0.05) is 32.9 Å². The Bertz CT molecular complexity index is 57.6. The van der Waals surface area contributed by atoms with Gasteiger partial charge in [-0.25, -0.2) is 0 Å². The quantitative estimate of drug-likeness (QED) is 0.569. The smallest absolute Gasteiger partial charge is 0.0220 e. The minimum atomic E-state index is 0.269. The summed E-state index contributed by atoms with van der Waals surface area (Å²) in [5, 5.41) is 0. The fraction of sp³-hybridized carbons (Fsp3) is 0.750. The van der Waals surface area contributed by atoms with Crippen molar-refractivity contribution < 1.29 is 0 Å². The zero-order valence-corrected chi connectivity index (χ0v) is 7.02. The first-order valence-corrected chi connectivity index (χ1v) is 3.69. The summed E-state index contributed by atoms with van der Waals surface area (Å²) < 4.78 is 0. The summed E-state index contributed by atoms with van der Waals surface area (Å²) in [7, 11) is 0. The third-order valence-electron chi connectivity index (χ3n) is 0.911. The Balaban J connectivity index is 0. The molecule has 0 spiro atoms. The van der Waals surface area contributed by atoms with Gasteiger partial charge in [-0.05, 0) is 13.3 Å². The van der Waals surface area contributed by atoms with Gasteiger partial charge in [-0.2, -0.15) is 0 Å². The molecule has 0 radical (unpaired) electrons. The summed E-state index contributed by atoms with van der Waals surface area (Å²) in [6.07, 6.45) is 5.01. The van der Waals surface area contributed by atoms with E-state index in [9.17, 15) is 0 Å². The molecule has 1 heteroatoms. The Morgan fingerprint density at radius 1 is 1.44 bits per heavy atom. The van der Waals surface area contributed by atoms with E-state index in [-0.39, 0.29) is 6.04 Å². The molecule has 1 atom stereocenters. The minimum Gasteiger partial charge on any atom is -0.324 e. The molecule has 0 aromatic heterocycles. The number of hydrogen-bond donors (Lipinski definition) is 1. The first kappa shape index (κ1) is 11.5. The molecule has 0 aromatic rings. The van der Waals surface area contributed by atoms with Crippen LogP contribution in [0, 0.1) is 0 Å². The van der Waals surface area contributed by atoms with Gasteiger partial charge in [-0.15, -0.1) is 0 Å². The predicted molar refractivity (Wildman–Crippen MR) is 44.4 cm³/mol. The molecule has 0 aliphatic carbocycles. The highest BCUT2D eigenvalue weighted by Crippen LogP contribution is 1.85. The maximum absolute atomic E-state index is 5.50. The van der Waals surface area contributed by atoms with E-state index in [2.05, 4.69) is 6.92 Å². The topological polar surface area (TPSA) is 26.0 Å². The lowest BCUT2D eigenvalue weighted by molar-refractivity contribution is 0.781. The van der Waals surface area contributed by atoms with Gasteiger partial charge < -0.3 is 5.73 Å². The normalized spacial score (nSPS) is 12.6. The zero-order valence-electron chi connectivity index (χ0n) is 7.02. The van der Waals surface area contributed by atoms with Gasteiger partial charge in [-0.3, -0.25) is 0 Å². The Hall–Kier alpha value is -0.300. The molecule has 1 nitrogen and oxygen atoms in total. The van der Waals surface area contributed by atoms with Crippen LogP contribution in [0.4, 0.5) is 0 Å². The standard InChI is InChI=1S/C6H13N.C2H6/c1-3-5-6(7)4-2;1-2/h3,5-6H,4,7H2,1-2H3;1-2H3/b5-3-;. The highest BCUT2D eigenvalue weighted by atomic mass is 14.6. The number of allylic oxidation sites excluding steroid dienone is 1. The molecule has 0 saturated carbocycles. The van der Waals surface area contributed by atoms with Crippen LogP contribution >= 0.6 is 0 Å². The third-order valence-corrected chi connectivity index (χ3v) is 0.911. The molecular formula is C8H19N. The number of nitrogens with two attached hydrogens (primary N) is 1.